The predicted octanol–water partition coefficient (Wildman–Crippen LogP) is 8.18. The molecular weight excluding hydrogens is 738 g/mol. The van der Waals surface area contributed by atoms with Crippen LogP contribution in [0.15, 0.2) is 86.1 Å². The molecule has 0 unspecified atom stereocenters. The van der Waals surface area contributed by atoms with Crippen LogP contribution >= 0.6 is 62.3 Å². The van der Waals surface area contributed by atoms with Gasteiger partial charge in [0, 0.05) is 30.5 Å². The van der Waals surface area contributed by atoms with E-state index in [0.29, 0.717) is 35.8 Å². The molecule has 0 N–H and O–H groups in total. The molecule has 4 atom stereocenters. The number of carbonyl (C=O) groups excluding carboxylic acids is 3. The van der Waals surface area contributed by atoms with Crippen molar-refractivity contribution in [3.8, 4) is 0 Å². The summed E-state index contributed by atoms with van der Waals surface area (Å²) in [6.07, 6.45) is 4.34. The molecule has 1 saturated heterocycles. The van der Waals surface area contributed by atoms with E-state index in [4.69, 9.17) is 51.5 Å². The van der Waals surface area contributed by atoms with Crippen LogP contribution in [0.2, 0.25) is 20.1 Å². The lowest BCUT2D eigenvalue weighted by Crippen LogP contribution is -2.45. The Hall–Kier alpha value is -3.28. The maximum Gasteiger partial charge on any atom is 0.264 e. The maximum absolute atomic E-state index is 14.2. The van der Waals surface area contributed by atoms with Crippen LogP contribution in [0.4, 0.5) is 5.69 Å². The number of hydrazone groups is 1. The molecule has 0 bridgehead atoms. The molecule has 7 rings (SSSR count). The number of hydrogen-bond donors (Lipinski definition) is 0. The number of anilines is 1. The van der Waals surface area contributed by atoms with Gasteiger partial charge in [-0.15, -0.1) is 0 Å². The normalized spacial score (nSPS) is 24.6. The zero-order valence-corrected chi connectivity index (χ0v) is 28.4. The van der Waals surface area contributed by atoms with E-state index in [2.05, 4.69) is 26.3 Å². The molecule has 46 heavy (non-hydrogen) atoms. The van der Waals surface area contributed by atoms with E-state index >= 15 is 0 Å². The molecule has 0 spiro atoms. The highest BCUT2D eigenvalue weighted by molar-refractivity contribution is 9.10. The Morgan fingerprint density at radius 1 is 0.935 bits per heavy atom. The van der Waals surface area contributed by atoms with Gasteiger partial charge in [0.1, 0.15) is 6.54 Å². The Labute approximate surface area is 292 Å². The van der Waals surface area contributed by atoms with Crippen molar-refractivity contribution >= 4 is 97.5 Å². The number of halogens is 5. The van der Waals surface area contributed by atoms with Crippen LogP contribution in [0.1, 0.15) is 36.4 Å². The van der Waals surface area contributed by atoms with Gasteiger partial charge < -0.3 is 0 Å². The SMILES string of the molecule is O=C1[C@H]2N=NN(CC(=O)N3N=C4/C(=C/c5ccc(Cl)cc5Cl)CCC[C@H]4[C@H]3c3ccc(Cl)cc3Cl)[C@@H]2C(=O)N1c1cccc(Br)c1. The highest BCUT2D eigenvalue weighted by atomic mass is 79.9. The summed E-state index contributed by atoms with van der Waals surface area (Å²) in [5.41, 5.74) is 3.61. The summed E-state index contributed by atoms with van der Waals surface area (Å²) >= 11 is 29.0. The molecule has 14 heteroatoms. The van der Waals surface area contributed by atoms with Crippen LogP contribution in [0, 0.1) is 5.92 Å². The van der Waals surface area contributed by atoms with Gasteiger partial charge in [-0.25, -0.2) is 9.91 Å². The fraction of sp³-hybridized carbons (Fsp3) is 0.250. The molecule has 4 aliphatic rings. The van der Waals surface area contributed by atoms with E-state index in [-0.39, 0.29) is 12.5 Å². The number of rotatable bonds is 5. The van der Waals surface area contributed by atoms with Gasteiger partial charge in [0.25, 0.3) is 17.7 Å². The van der Waals surface area contributed by atoms with E-state index in [1.807, 2.05) is 18.2 Å². The second-order valence-corrected chi connectivity index (χ2v) is 14.0. The van der Waals surface area contributed by atoms with Gasteiger partial charge >= 0.3 is 0 Å². The standard InChI is InChI=1S/C32H23BrCl4N6O3/c33-18-4-2-5-21(12-18)42-31(45)28-30(32(42)46)41(40-38-28)15-26(44)43-29(22-10-9-20(35)14-25(22)37)23-6-1-3-17(27(23)39-43)11-16-7-8-19(34)13-24(16)36/h2,4-5,7-14,23,28-30H,1,3,6,15H2/b17-11+/t23-,28+,29-,30+/m1/s1. The molecule has 0 aromatic heterocycles. The second kappa shape index (κ2) is 12.4. The Morgan fingerprint density at radius 2 is 1.70 bits per heavy atom. The third-order valence-corrected chi connectivity index (χ3v) is 10.2. The summed E-state index contributed by atoms with van der Waals surface area (Å²) in [6, 6.07) is 14.7. The number of allylic oxidation sites excluding steroid dienone is 1. The quantitative estimate of drug-likeness (QED) is 0.245. The third-order valence-electron chi connectivity index (χ3n) is 8.55. The molecule has 9 nitrogen and oxygen atoms in total. The zero-order chi connectivity index (χ0) is 32.3. The number of imide groups is 1. The summed E-state index contributed by atoms with van der Waals surface area (Å²) in [5, 5.41) is 17.7. The summed E-state index contributed by atoms with van der Waals surface area (Å²) in [7, 11) is 0. The van der Waals surface area contributed by atoms with Crippen molar-refractivity contribution < 1.29 is 14.4 Å². The molecule has 1 aliphatic carbocycles. The van der Waals surface area contributed by atoms with Crippen molar-refractivity contribution in [2.75, 3.05) is 11.4 Å². The Kier molecular flexibility index (Phi) is 8.44. The molecule has 3 aromatic rings. The highest BCUT2D eigenvalue weighted by Crippen LogP contribution is 2.47. The number of benzene rings is 3. The topological polar surface area (TPSA) is 98.0 Å². The minimum absolute atomic E-state index is 0.164. The largest absolute Gasteiger partial charge is 0.271 e. The predicted molar refractivity (Wildman–Crippen MR) is 181 cm³/mol. The van der Waals surface area contributed by atoms with Crippen molar-refractivity contribution in [2.24, 2.45) is 21.4 Å². The summed E-state index contributed by atoms with van der Waals surface area (Å²) in [5.74, 6) is -1.60. The van der Waals surface area contributed by atoms with Crippen molar-refractivity contribution in [3.63, 3.8) is 0 Å². The first-order valence-corrected chi connectivity index (χ1v) is 16.7. The summed E-state index contributed by atoms with van der Waals surface area (Å²) in [4.78, 5) is 42.1. The van der Waals surface area contributed by atoms with Crippen LogP contribution in [-0.4, -0.2) is 52.1 Å². The van der Waals surface area contributed by atoms with E-state index in [9.17, 15) is 14.4 Å². The maximum atomic E-state index is 14.2. The third kappa shape index (κ3) is 5.54. The molecule has 3 aliphatic heterocycles. The summed E-state index contributed by atoms with van der Waals surface area (Å²) < 4.78 is 0.713. The van der Waals surface area contributed by atoms with E-state index in [1.54, 1.807) is 48.5 Å². The van der Waals surface area contributed by atoms with E-state index < -0.39 is 35.8 Å². The van der Waals surface area contributed by atoms with Gasteiger partial charge in [0.2, 0.25) is 0 Å². The fourth-order valence-corrected chi connectivity index (χ4v) is 7.87. The van der Waals surface area contributed by atoms with Gasteiger partial charge in [0.15, 0.2) is 12.1 Å². The average molecular weight is 761 g/mol. The minimum Gasteiger partial charge on any atom is -0.271 e. The number of hydrogen-bond acceptors (Lipinski definition) is 7. The van der Waals surface area contributed by atoms with Crippen molar-refractivity contribution in [3.05, 3.63) is 102 Å². The molecule has 2 fully saturated rings. The Morgan fingerprint density at radius 3 is 2.43 bits per heavy atom. The molecule has 234 valence electrons. The van der Waals surface area contributed by atoms with Gasteiger partial charge in [0.05, 0.1) is 17.4 Å². The zero-order valence-electron chi connectivity index (χ0n) is 23.8. The number of amides is 3. The fourth-order valence-electron chi connectivity index (χ4n) is 6.50. The van der Waals surface area contributed by atoms with Gasteiger partial charge in [-0.05, 0) is 84.5 Å². The van der Waals surface area contributed by atoms with Crippen LogP contribution in [0.3, 0.4) is 0 Å². The molecular formula is C32H23BrCl4N6O3. The van der Waals surface area contributed by atoms with Crippen molar-refractivity contribution in [1.29, 1.82) is 0 Å². The molecule has 3 amide bonds. The smallest absolute Gasteiger partial charge is 0.264 e. The van der Waals surface area contributed by atoms with Crippen LogP contribution in [0.5, 0.6) is 0 Å². The van der Waals surface area contributed by atoms with Gasteiger partial charge in [-0.3, -0.25) is 19.4 Å². The number of fused-ring (bicyclic) bond motifs is 2. The second-order valence-electron chi connectivity index (χ2n) is 11.4. The summed E-state index contributed by atoms with van der Waals surface area (Å²) in [6.45, 7) is -0.330. The molecule has 3 heterocycles. The molecule has 3 aromatic carbocycles. The average Bonchev–Trinajstić information content (AvgIpc) is 3.68. The van der Waals surface area contributed by atoms with Gasteiger partial charge in [-0.2, -0.15) is 10.2 Å². The first kappa shape index (κ1) is 31.3. The van der Waals surface area contributed by atoms with Gasteiger partial charge in [-0.1, -0.05) is 85.8 Å². The van der Waals surface area contributed by atoms with Crippen molar-refractivity contribution in [2.45, 2.75) is 37.4 Å². The first-order chi connectivity index (χ1) is 22.1. The van der Waals surface area contributed by atoms with Crippen LogP contribution in [-0.2, 0) is 14.4 Å². The molecule has 1 saturated carbocycles. The lowest BCUT2D eigenvalue weighted by atomic mass is 9.77. The van der Waals surface area contributed by atoms with E-state index in [0.717, 1.165) is 41.0 Å². The molecule has 0 radical (unpaired) electrons. The van der Waals surface area contributed by atoms with E-state index in [1.165, 1.54) is 10.0 Å². The van der Waals surface area contributed by atoms with Crippen molar-refractivity contribution in [1.82, 2.24) is 10.0 Å². The number of nitrogens with zero attached hydrogens (tertiary/aromatic N) is 6. The Balaban J connectivity index is 1.21. The monoisotopic (exact) mass is 758 g/mol. The van der Waals surface area contributed by atoms with Crippen LogP contribution < -0.4 is 4.90 Å². The van der Waals surface area contributed by atoms with Crippen LogP contribution in [0.25, 0.3) is 6.08 Å². The highest BCUT2D eigenvalue weighted by Gasteiger charge is 2.55. The lowest BCUT2D eigenvalue weighted by Gasteiger charge is -2.31. The number of carbonyl (C=O) groups is 3. The lowest BCUT2D eigenvalue weighted by molar-refractivity contribution is -0.136. The minimum atomic E-state index is -1.05. The first-order valence-electron chi connectivity index (χ1n) is 14.4. The Bertz CT molecular complexity index is 1900.